The number of halogens is 3. The van der Waals surface area contributed by atoms with Crippen molar-refractivity contribution in [2.75, 3.05) is 5.32 Å². The van der Waals surface area contributed by atoms with Crippen LogP contribution in [0, 0.1) is 11.6 Å². The van der Waals surface area contributed by atoms with Gasteiger partial charge in [-0.3, -0.25) is 9.59 Å². The topological polar surface area (TPSA) is 121 Å². The Labute approximate surface area is 191 Å². The zero-order chi connectivity index (χ0) is 24.1. The number of aromatic hydroxyl groups is 1. The van der Waals surface area contributed by atoms with Crippen LogP contribution in [0.2, 0.25) is 5.02 Å². The molecule has 11 heteroatoms. The molecule has 0 fully saturated rings. The molecule has 3 aromatic rings. The fraction of sp³-hybridized carbons (Fsp3) is 0.136. The van der Waals surface area contributed by atoms with E-state index in [9.17, 15) is 28.3 Å². The van der Waals surface area contributed by atoms with Crippen LogP contribution in [-0.4, -0.2) is 26.8 Å². The molecule has 0 bridgehead atoms. The maximum absolute atomic E-state index is 13.6. The van der Waals surface area contributed by atoms with Crippen molar-refractivity contribution in [3.8, 4) is 5.75 Å². The zero-order valence-corrected chi connectivity index (χ0v) is 17.6. The number of aliphatic carboxylic acids is 1. The highest BCUT2D eigenvalue weighted by Crippen LogP contribution is 2.22. The molecule has 8 nitrogen and oxygen atoms in total. The minimum absolute atomic E-state index is 0.0549. The van der Waals surface area contributed by atoms with E-state index >= 15 is 0 Å². The molecule has 0 saturated carbocycles. The van der Waals surface area contributed by atoms with Crippen molar-refractivity contribution < 1.29 is 28.6 Å². The third kappa shape index (κ3) is 6.07. The average molecular weight is 478 g/mol. The van der Waals surface area contributed by atoms with Crippen LogP contribution in [-0.2, 0) is 11.3 Å². The van der Waals surface area contributed by atoms with Crippen LogP contribution < -0.4 is 16.2 Å². The van der Waals surface area contributed by atoms with Crippen LogP contribution in [0.15, 0.2) is 59.5 Å². The molecule has 172 valence electrons. The van der Waals surface area contributed by atoms with E-state index in [1.54, 1.807) is 24.3 Å². The number of carbonyl (C=O) groups is 2. The van der Waals surface area contributed by atoms with Crippen LogP contribution in [0.5, 0.6) is 5.75 Å². The van der Waals surface area contributed by atoms with E-state index in [4.69, 9.17) is 16.7 Å². The second-order valence-corrected chi connectivity index (χ2v) is 7.46. The number of hydrogen-bond acceptors (Lipinski definition) is 4. The van der Waals surface area contributed by atoms with Crippen LogP contribution in [0.4, 0.5) is 19.3 Å². The van der Waals surface area contributed by atoms with Gasteiger partial charge in [0, 0.05) is 17.3 Å². The summed E-state index contributed by atoms with van der Waals surface area (Å²) in [6.07, 6.45) is 0.626. The number of anilines is 1. The van der Waals surface area contributed by atoms with Crippen LogP contribution in [0.3, 0.4) is 0 Å². The van der Waals surface area contributed by atoms with Gasteiger partial charge in [-0.05, 0) is 35.4 Å². The third-order valence-corrected chi connectivity index (χ3v) is 5.02. The average Bonchev–Trinajstić information content (AvgIpc) is 2.73. The van der Waals surface area contributed by atoms with Gasteiger partial charge in [0.25, 0.3) is 5.56 Å². The van der Waals surface area contributed by atoms with Gasteiger partial charge in [-0.2, -0.15) is 0 Å². The lowest BCUT2D eigenvalue weighted by atomic mass is 10.0. The third-order valence-electron chi connectivity index (χ3n) is 4.65. The molecule has 1 aromatic heterocycles. The van der Waals surface area contributed by atoms with E-state index in [1.165, 1.54) is 16.8 Å². The van der Waals surface area contributed by atoms with Crippen molar-refractivity contribution in [2.24, 2.45) is 0 Å². The van der Waals surface area contributed by atoms with Gasteiger partial charge in [0.05, 0.1) is 19.0 Å². The van der Waals surface area contributed by atoms with Crippen molar-refractivity contribution in [1.82, 2.24) is 9.88 Å². The van der Waals surface area contributed by atoms with Crippen LogP contribution in [0.25, 0.3) is 0 Å². The van der Waals surface area contributed by atoms with Gasteiger partial charge in [0.2, 0.25) is 0 Å². The fourth-order valence-electron chi connectivity index (χ4n) is 3.13. The number of hydrogen-bond donors (Lipinski definition) is 4. The first kappa shape index (κ1) is 23.7. The number of carboxylic acids is 1. The molecular weight excluding hydrogens is 460 g/mol. The Balaban J connectivity index is 1.84. The molecule has 0 spiro atoms. The number of amides is 2. The number of nitrogens with zero attached hydrogens (tertiary/aromatic N) is 1. The predicted molar refractivity (Wildman–Crippen MR) is 116 cm³/mol. The maximum atomic E-state index is 13.6. The molecule has 0 radical (unpaired) electrons. The molecule has 3 rings (SSSR count). The summed E-state index contributed by atoms with van der Waals surface area (Å²) in [6.45, 7) is 0.0549. The van der Waals surface area contributed by atoms with Crippen molar-refractivity contribution in [1.29, 1.82) is 0 Å². The Bertz CT molecular complexity index is 1240. The summed E-state index contributed by atoms with van der Waals surface area (Å²) < 4.78 is 28.3. The highest BCUT2D eigenvalue weighted by atomic mass is 35.5. The molecule has 2 amide bonds. The number of benzene rings is 2. The van der Waals surface area contributed by atoms with Crippen molar-refractivity contribution in [3.05, 3.63) is 92.9 Å². The second-order valence-electron chi connectivity index (χ2n) is 7.05. The normalized spacial score (nSPS) is 11.6. The molecule has 0 aliphatic heterocycles. The number of carbonyl (C=O) groups excluding carboxylic acids is 1. The molecule has 33 heavy (non-hydrogen) atoms. The van der Waals surface area contributed by atoms with Crippen molar-refractivity contribution in [3.63, 3.8) is 0 Å². The molecule has 1 atom stereocenters. The SMILES string of the molecule is O=C(O)C[C@H](NC(=O)Nc1c(O)ccn(Cc2ccccc2Cl)c1=O)c1cc(F)cc(F)c1. The Kier molecular flexibility index (Phi) is 7.29. The smallest absolute Gasteiger partial charge is 0.319 e. The first-order chi connectivity index (χ1) is 15.6. The van der Waals surface area contributed by atoms with E-state index in [0.29, 0.717) is 16.7 Å². The van der Waals surface area contributed by atoms with E-state index in [1.807, 2.05) is 0 Å². The monoisotopic (exact) mass is 477 g/mol. The Morgan fingerprint density at radius 3 is 2.39 bits per heavy atom. The fourth-order valence-corrected chi connectivity index (χ4v) is 3.32. The van der Waals surface area contributed by atoms with Crippen molar-refractivity contribution in [2.45, 2.75) is 19.0 Å². The van der Waals surface area contributed by atoms with Crippen LogP contribution in [0.1, 0.15) is 23.6 Å². The number of pyridine rings is 1. The lowest BCUT2D eigenvalue weighted by Gasteiger charge is -2.19. The molecular formula is C22H18ClF2N3O5. The first-order valence-corrected chi connectivity index (χ1v) is 9.93. The summed E-state index contributed by atoms with van der Waals surface area (Å²) in [7, 11) is 0. The van der Waals surface area contributed by atoms with E-state index in [-0.39, 0.29) is 12.1 Å². The Morgan fingerprint density at radius 1 is 1.09 bits per heavy atom. The van der Waals surface area contributed by atoms with E-state index in [2.05, 4.69) is 10.6 Å². The number of nitrogens with one attached hydrogen (secondary N) is 2. The first-order valence-electron chi connectivity index (χ1n) is 9.55. The number of aromatic nitrogens is 1. The van der Waals surface area contributed by atoms with Crippen molar-refractivity contribution >= 4 is 29.3 Å². The lowest BCUT2D eigenvalue weighted by molar-refractivity contribution is -0.137. The minimum atomic E-state index is -1.34. The summed E-state index contributed by atoms with van der Waals surface area (Å²) in [6, 6.07) is 7.98. The number of carboxylic acid groups (broad SMARTS) is 1. The summed E-state index contributed by atoms with van der Waals surface area (Å²) in [4.78, 5) is 36.5. The number of urea groups is 1. The second kappa shape index (κ2) is 10.1. The molecule has 0 aliphatic rings. The molecule has 2 aromatic carbocycles. The quantitative estimate of drug-likeness (QED) is 0.411. The summed E-state index contributed by atoms with van der Waals surface area (Å²) in [5.74, 6) is -3.77. The summed E-state index contributed by atoms with van der Waals surface area (Å²) in [5, 5.41) is 24.0. The minimum Gasteiger partial charge on any atom is -0.505 e. The van der Waals surface area contributed by atoms with Gasteiger partial charge in [-0.15, -0.1) is 0 Å². The summed E-state index contributed by atoms with van der Waals surface area (Å²) >= 11 is 6.12. The highest BCUT2D eigenvalue weighted by molar-refractivity contribution is 6.31. The van der Waals surface area contributed by atoms with Gasteiger partial charge >= 0.3 is 12.0 Å². The number of rotatable bonds is 7. The summed E-state index contributed by atoms with van der Waals surface area (Å²) in [5.41, 5.74) is -0.728. The Hall–Kier alpha value is -3.92. The van der Waals surface area contributed by atoms with E-state index < -0.39 is 53.1 Å². The Morgan fingerprint density at radius 2 is 1.76 bits per heavy atom. The van der Waals surface area contributed by atoms with Gasteiger partial charge in [0.1, 0.15) is 17.4 Å². The van der Waals surface area contributed by atoms with Gasteiger partial charge < -0.3 is 25.4 Å². The van der Waals surface area contributed by atoms with Crippen LogP contribution >= 0.6 is 11.6 Å². The van der Waals surface area contributed by atoms with Gasteiger partial charge in [-0.25, -0.2) is 13.6 Å². The predicted octanol–water partition coefficient (Wildman–Crippen LogP) is 3.87. The maximum Gasteiger partial charge on any atom is 0.319 e. The largest absolute Gasteiger partial charge is 0.505 e. The molecule has 4 N–H and O–H groups in total. The molecule has 0 aliphatic carbocycles. The zero-order valence-electron chi connectivity index (χ0n) is 16.9. The standard InChI is InChI=1S/C22H18ClF2N3O5/c23-16-4-2-1-3-12(16)11-28-6-5-18(29)20(21(28)32)27-22(33)26-17(10-19(30)31)13-7-14(24)9-15(25)8-13/h1-9,17,29H,10-11H2,(H,30,31)(H2,26,27,33)/t17-/m0/s1. The highest BCUT2D eigenvalue weighted by Gasteiger charge is 2.21. The molecule has 0 unspecified atom stereocenters. The van der Waals surface area contributed by atoms with Gasteiger partial charge in [0.15, 0.2) is 5.69 Å². The molecule has 0 saturated heterocycles. The van der Waals surface area contributed by atoms with E-state index in [0.717, 1.165) is 12.1 Å². The lowest BCUT2D eigenvalue weighted by Crippen LogP contribution is -2.36. The molecule has 1 heterocycles. The van der Waals surface area contributed by atoms with Gasteiger partial charge in [-0.1, -0.05) is 29.8 Å².